The van der Waals surface area contributed by atoms with Gasteiger partial charge in [-0.3, -0.25) is 0 Å². The summed E-state index contributed by atoms with van der Waals surface area (Å²) in [4.78, 5) is 7.95. The van der Waals surface area contributed by atoms with Crippen LogP contribution in [0.2, 0.25) is 5.02 Å². The Morgan fingerprint density at radius 2 is 1.81 bits per heavy atom. The van der Waals surface area contributed by atoms with E-state index in [0.717, 1.165) is 17.4 Å². The van der Waals surface area contributed by atoms with E-state index in [1.165, 1.54) is 18.3 Å². The lowest BCUT2D eigenvalue weighted by Gasteiger charge is -2.10. The number of aromatic nitrogens is 2. The van der Waals surface area contributed by atoms with Crippen molar-refractivity contribution in [3.8, 4) is 11.3 Å². The number of thiophene rings is 1. The average molecular weight is 401 g/mol. The first kappa shape index (κ1) is 18.3. The SMILES string of the molecule is Fc1ccc(C=NNc2nc(-c3ccc(Cl)cc3)cc(C(F)(F)F)n2)s1. The van der Waals surface area contributed by atoms with Crippen molar-refractivity contribution < 1.29 is 17.6 Å². The number of nitrogens with zero attached hydrogens (tertiary/aromatic N) is 3. The summed E-state index contributed by atoms with van der Waals surface area (Å²) in [5, 5.41) is 3.81. The van der Waals surface area contributed by atoms with Crippen molar-refractivity contribution in [2.24, 2.45) is 5.10 Å². The van der Waals surface area contributed by atoms with E-state index >= 15 is 0 Å². The molecule has 4 nitrogen and oxygen atoms in total. The molecule has 26 heavy (non-hydrogen) atoms. The van der Waals surface area contributed by atoms with Gasteiger partial charge in [0.05, 0.1) is 16.8 Å². The number of alkyl halides is 3. The normalized spacial score (nSPS) is 11.9. The molecule has 0 fully saturated rings. The predicted octanol–water partition coefficient (Wildman–Crippen LogP) is 5.46. The molecule has 3 rings (SSSR count). The number of hydrogen-bond acceptors (Lipinski definition) is 5. The van der Waals surface area contributed by atoms with E-state index in [1.54, 1.807) is 24.3 Å². The van der Waals surface area contributed by atoms with Crippen molar-refractivity contribution >= 4 is 35.1 Å². The highest BCUT2D eigenvalue weighted by Gasteiger charge is 2.33. The monoisotopic (exact) mass is 400 g/mol. The zero-order valence-corrected chi connectivity index (χ0v) is 14.3. The lowest BCUT2D eigenvalue weighted by molar-refractivity contribution is -0.141. The molecule has 1 aromatic carbocycles. The van der Waals surface area contributed by atoms with Crippen molar-refractivity contribution in [1.82, 2.24) is 9.97 Å². The minimum Gasteiger partial charge on any atom is -0.245 e. The zero-order valence-electron chi connectivity index (χ0n) is 12.8. The molecule has 0 saturated carbocycles. The molecule has 0 aliphatic heterocycles. The molecule has 1 N–H and O–H groups in total. The van der Waals surface area contributed by atoms with Crippen molar-refractivity contribution in [2.45, 2.75) is 6.18 Å². The van der Waals surface area contributed by atoms with Gasteiger partial charge in [-0.15, -0.1) is 11.3 Å². The molecule has 0 unspecified atom stereocenters. The van der Waals surface area contributed by atoms with Gasteiger partial charge in [-0.25, -0.2) is 15.4 Å². The first-order valence-electron chi connectivity index (χ1n) is 7.08. The molecule has 0 bridgehead atoms. The lowest BCUT2D eigenvalue weighted by atomic mass is 10.1. The second-order valence-electron chi connectivity index (χ2n) is 4.98. The zero-order chi connectivity index (χ0) is 18.7. The summed E-state index contributed by atoms with van der Waals surface area (Å²) in [6, 6.07) is 9.76. The fraction of sp³-hybridized carbons (Fsp3) is 0.0625. The Morgan fingerprint density at radius 1 is 1.08 bits per heavy atom. The van der Waals surface area contributed by atoms with Gasteiger partial charge in [-0.2, -0.15) is 22.7 Å². The van der Waals surface area contributed by atoms with Crippen LogP contribution in [0, 0.1) is 5.13 Å². The number of hydrogen-bond donors (Lipinski definition) is 1. The van der Waals surface area contributed by atoms with Gasteiger partial charge in [-0.05, 0) is 30.3 Å². The quantitative estimate of drug-likeness (QED) is 0.359. The van der Waals surface area contributed by atoms with Crippen LogP contribution in [0.1, 0.15) is 10.6 Å². The summed E-state index contributed by atoms with van der Waals surface area (Å²) in [5.41, 5.74) is 1.73. The fourth-order valence-corrected chi connectivity index (χ4v) is 2.69. The molecule has 10 heteroatoms. The minimum atomic E-state index is -4.65. The Bertz CT molecular complexity index is 938. The summed E-state index contributed by atoms with van der Waals surface area (Å²) in [5.74, 6) is -0.335. The number of benzene rings is 1. The second kappa shape index (κ2) is 7.38. The second-order valence-corrected chi connectivity index (χ2v) is 6.48. The Hall–Kier alpha value is -2.52. The highest BCUT2D eigenvalue weighted by molar-refractivity contribution is 7.12. The van der Waals surface area contributed by atoms with Crippen LogP contribution in [0.5, 0.6) is 0 Å². The van der Waals surface area contributed by atoms with Crippen molar-refractivity contribution in [3.05, 3.63) is 63.2 Å². The van der Waals surface area contributed by atoms with Gasteiger partial charge in [-0.1, -0.05) is 23.7 Å². The molecule has 0 radical (unpaired) electrons. The molecule has 0 atom stereocenters. The molecule has 0 saturated heterocycles. The fourth-order valence-electron chi connectivity index (χ4n) is 1.96. The van der Waals surface area contributed by atoms with E-state index in [2.05, 4.69) is 20.5 Å². The molecule has 0 aliphatic carbocycles. The van der Waals surface area contributed by atoms with Crippen LogP contribution in [-0.2, 0) is 6.18 Å². The van der Waals surface area contributed by atoms with E-state index in [0.29, 0.717) is 15.5 Å². The summed E-state index contributed by atoms with van der Waals surface area (Å²) >= 11 is 6.64. The maximum atomic E-state index is 13.1. The maximum Gasteiger partial charge on any atom is 0.433 e. The topological polar surface area (TPSA) is 50.2 Å². The third-order valence-electron chi connectivity index (χ3n) is 3.11. The Labute approximate surface area is 154 Å². The Balaban J connectivity index is 1.92. The molecule has 0 spiro atoms. The van der Waals surface area contributed by atoms with Gasteiger partial charge < -0.3 is 0 Å². The van der Waals surface area contributed by atoms with Gasteiger partial charge in [0.15, 0.2) is 10.8 Å². The standard InChI is InChI=1S/C16H9ClF4N4S/c17-10-3-1-9(2-4-10)12-7-13(16(19,20)21)24-15(23-12)25-22-8-11-5-6-14(18)26-11/h1-8H,(H,23,24,25). The third-order valence-corrected chi connectivity index (χ3v) is 4.17. The van der Waals surface area contributed by atoms with Gasteiger partial charge in [0, 0.05) is 10.6 Å². The van der Waals surface area contributed by atoms with Crippen molar-refractivity contribution in [2.75, 3.05) is 5.43 Å². The van der Waals surface area contributed by atoms with E-state index in [4.69, 9.17) is 11.6 Å². The van der Waals surface area contributed by atoms with Gasteiger partial charge >= 0.3 is 6.18 Å². The third kappa shape index (κ3) is 4.55. The van der Waals surface area contributed by atoms with Gasteiger partial charge in [0.1, 0.15) is 0 Å². The number of hydrazone groups is 1. The summed E-state index contributed by atoms with van der Waals surface area (Å²) in [6.07, 6.45) is -3.39. The number of anilines is 1. The van der Waals surface area contributed by atoms with Gasteiger partial charge in [0.25, 0.3) is 0 Å². The van der Waals surface area contributed by atoms with Gasteiger partial charge in [0.2, 0.25) is 5.95 Å². The van der Waals surface area contributed by atoms with Crippen LogP contribution < -0.4 is 5.43 Å². The van der Waals surface area contributed by atoms with Crippen LogP contribution >= 0.6 is 22.9 Å². The molecule has 3 aromatic rings. The van der Waals surface area contributed by atoms with Crippen LogP contribution in [-0.4, -0.2) is 16.2 Å². The average Bonchev–Trinajstić information content (AvgIpc) is 3.00. The molecular formula is C16H9ClF4N4S. The molecule has 0 amide bonds. The van der Waals surface area contributed by atoms with Crippen LogP contribution in [0.25, 0.3) is 11.3 Å². The largest absolute Gasteiger partial charge is 0.433 e. The summed E-state index contributed by atoms with van der Waals surface area (Å²) in [6.45, 7) is 0. The molecule has 134 valence electrons. The van der Waals surface area contributed by atoms with E-state index in [1.807, 2.05) is 0 Å². The first-order chi connectivity index (χ1) is 12.3. The minimum absolute atomic E-state index is 0.0591. The number of halogens is 5. The first-order valence-corrected chi connectivity index (χ1v) is 8.27. The molecule has 2 heterocycles. The Morgan fingerprint density at radius 3 is 2.42 bits per heavy atom. The maximum absolute atomic E-state index is 13.1. The summed E-state index contributed by atoms with van der Waals surface area (Å²) in [7, 11) is 0. The van der Waals surface area contributed by atoms with Crippen molar-refractivity contribution in [3.63, 3.8) is 0 Å². The highest BCUT2D eigenvalue weighted by atomic mass is 35.5. The lowest BCUT2D eigenvalue weighted by Crippen LogP contribution is -2.11. The number of nitrogens with one attached hydrogen (secondary N) is 1. The highest BCUT2D eigenvalue weighted by Crippen LogP contribution is 2.31. The van der Waals surface area contributed by atoms with E-state index in [9.17, 15) is 17.6 Å². The molecular weight excluding hydrogens is 392 g/mol. The smallest absolute Gasteiger partial charge is 0.245 e. The Kier molecular flexibility index (Phi) is 5.19. The molecule has 0 aliphatic rings. The van der Waals surface area contributed by atoms with E-state index in [-0.39, 0.29) is 11.6 Å². The van der Waals surface area contributed by atoms with E-state index < -0.39 is 17.0 Å². The number of rotatable bonds is 4. The van der Waals surface area contributed by atoms with Crippen molar-refractivity contribution in [1.29, 1.82) is 0 Å². The van der Waals surface area contributed by atoms with Crippen LogP contribution in [0.3, 0.4) is 0 Å². The van der Waals surface area contributed by atoms with Crippen LogP contribution in [0.4, 0.5) is 23.5 Å². The molecule has 2 aromatic heterocycles. The summed E-state index contributed by atoms with van der Waals surface area (Å²) < 4.78 is 52.2. The van der Waals surface area contributed by atoms with Crippen LogP contribution in [0.15, 0.2) is 47.6 Å². The predicted molar refractivity (Wildman–Crippen MR) is 93.0 cm³/mol.